The number of phenols is 1. The van der Waals surface area contributed by atoms with Crippen molar-refractivity contribution in [3.8, 4) is 22.8 Å². The van der Waals surface area contributed by atoms with E-state index in [1.54, 1.807) is 18.5 Å². The molecular formula is C24H22N6O2. The number of nitrogens with one attached hydrogen (secondary N) is 1. The fraction of sp³-hybridized carbons (Fsp3) is 0.167. The quantitative estimate of drug-likeness (QED) is 0.414. The van der Waals surface area contributed by atoms with Gasteiger partial charge in [-0.2, -0.15) is 0 Å². The minimum atomic E-state index is 0.259. The van der Waals surface area contributed by atoms with Crippen LogP contribution in [0.5, 0.6) is 5.75 Å². The van der Waals surface area contributed by atoms with Crippen LogP contribution in [-0.2, 0) is 6.42 Å². The molecule has 2 aromatic carbocycles. The number of phenolic OH excluding ortho intramolecular Hbond substituents is 1. The van der Waals surface area contributed by atoms with Crippen molar-refractivity contribution in [2.45, 2.75) is 20.3 Å². The maximum atomic E-state index is 9.48. The van der Waals surface area contributed by atoms with Crippen LogP contribution in [0.25, 0.3) is 28.2 Å². The van der Waals surface area contributed by atoms with Gasteiger partial charge in [-0.25, -0.2) is 15.0 Å². The lowest BCUT2D eigenvalue weighted by Gasteiger charge is -2.10. The van der Waals surface area contributed by atoms with Crippen molar-refractivity contribution < 1.29 is 9.63 Å². The lowest BCUT2D eigenvalue weighted by atomic mass is 10.1. The maximum Gasteiger partial charge on any atom is 0.170 e. The summed E-state index contributed by atoms with van der Waals surface area (Å²) in [4.78, 5) is 14.2. The van der Waals surface area contributed by atoms with E-state index in [2.05, 4.69) is 15.5 Å². The van der Waals surface area contributed by atoms with Crippen molar-refractivity contribution in [1.82, 2.24) is 24.7 Å². The van der Waals surface area contributed by atoms with Gasteiger partial charge in [0.25, 0.3) is 0 Å². The number of aryl methyl sites for hydroxylation is 2. The van der Waals surface area contributed by atoms with E-state index in [1.807, 2.05) is 60.9 Å². The number of hydrogen-bond donors (Lipinski definition) is 2. The molecule has 8 nitrogen and oxygen atoms in total. The first-order chi connectivity index (χ1) is 15.6. The number of aromatic nitrogens is 5. The van der Waals surface area contributed by atoms with Gasteiger partial charge in [0, 0.05) is 12.2 Å². The molecule has 0 bridgehead atoms. The Hall–Kier alpha value is -4.20. The van der Waals surface area contributed by atoms with Gasteiger partial charge in [-0.3, -0.25) is 4.57 Å². The smallest absolute Gasteiger partial charge is 0.170 e. The number of rotatable bonds is 6. The fourth-order valence-corrected chi connectivity index (χ4v) is 3.70. The van der Waals surface area contributed by atoms with Crippen LogP contribution in [0.1, 0.15) is 17.0 Å². The number of anilines is 1. The molecule has 0 radical (unpaired) electrons. The van der Waals surface area contributed by atoms with E-state index in [0.29, 0.717) is 35.1 Å². The molecule has 0 unspecified atom stereocenters. The van der Waals surface area contributed by atoms with Crippen molar-refractivity contribution in [3.05, 3.63) is 77.9 Å². The van der Waals surface area contributed by atoms with Gasteiger partial charge in [0.2, 0.25) is 0 Å². The second-order valence-corrected chi connectivity index (χ2v) is 7.56. The second kappa shape index (κ2) is 8.14. The monoisotopic (exact) mass is 426 g/mol. The highest BCUT2D eigenvalue weighted by Gasteiger charge is 2.20. The molecule has 2 N–H and O–H groups in total. The number of nitrogens with zero attached hydrogens (tertiary/aromatic N) is 5. The summed E-state index contributed by atoms with van der Waals surface area (Å²) in [5.41, 5.74) is 5.00. The first kappa shape index (κ1) is 19.7. The van der Waals surface area contributed by atoms with E-state index in [-0.39, 0.29) is 5.75 Å². The maximum absolute atomic E-state index is 9.48. The van der Waals surface area contributed by atoms with Gasteiger partial charge in [-0.05, 0) is 50.1 Å². The molecule has 0 saturated heterocycles. The molecule has 0 spiro atoms. The lowest BCUT2D eigenvalue weighted by molar-refractivity contribution is 0.393. The average molecular weight is 426 g/mol. The highest BCUT2D eigenvalue weighted by molar-refractivity contribution is 5.86. The molecule has 5 rings (SSSR count). The van der Waals surface area contributed by atoms with Crippen molar-refractivity contribution in [3.63, 3.8) is 0 Å². The SMILES string of the molecule is Cc1noc(C)c1-c1nc(NCCc2ccc(O)cc2)c2ncn(-c3ccccc3)c2n1. The van der Waals surface area contributed by atoms with Crippen LogP contribution in [-0.4, -0.2) is 36.3 Å². The highest BCUT2D eigenvalue weighted by Crippen LogP contribution is 2.29. The number of imidazole rings is 1. The average Bonchev–Trinajstić information content (AvgIpc) is 3.38. The molecule has 0 saturated carbocycles. The number of aromatic hydroxyl groups is 1. The summed E-state index contributed by atoms with van der Waals surface area (Å²) in [7, 11) is 0. The Labute approximate surface area is 184 Å². The standard InChI is InChI=1S/C24H22N6O2/c1-15-20(16(2)32-29-15)22-27-23(25-13-12-17-8-10-19(31)11-9-17)21-24(28-22)30(14-26-21)18-6-4-3-5-7-18/h3-11,14,31H,12-13H2,1-2H3,(H,25,27,28). The lowest BCUT2D eigenvalue weighted by Crippen LogP contribution is -2.09. The molecule has 0 amide bonds. The van der Waals surface area contributed by atoms with E-state index >= 15 is 0 Å². The van der Waals surface area contributed by atoms with E-state index in [1.165, 1.54) is 0 Å². The second-order valence-electron chi connectivity index (χ2n) is 7.56. The molecule has 160 valence electrons. The van der Waals surface area contributed by atoms with Crippen molar-refractivity contribution in [2.24, 2.45) is 0 Å². The van der Waals surface area contributed by atoms with E-state index in [0.717, 1.165) is 28.9 Å². The molecule has 3 aromatic heterocycles. The zero-order chi connectivity index (χ0) is 22.1. The van der Waals surface area contributed by atoms with E-state index < -0.39 is 0 Å². The van der Waals surface area contributed by atoms with Gasteiger partial charge in [0.1, 0.15) is 17.8 Å². The molecule has 0 aliphatic heterocycles. The number of benzene rings is 2. The van der Waals surface area contributed by atoms with Crippen LogP contribution in [0.3, 0.4) is 0 Å². The summed E-state index contributed by atoms with van der Waals surface area (Å²) in [6, 6.07) is 17.2. The van der Waals surface area contributed by atoms with E-state index in [9.17, 15) is 5.11 Å². The minimum Gasteiger partial charge on any atom is -0.508 e. The summed E-state index contributed by atoms with van der Waals surface area (Å²) in [6.07, 6.45) is 2.53. The van der Waals surface area contributed by atoms with Crippen LogP contribution in [0, 0.1) is 13.8 Å². The van der Waals surface area contributed by atoms with Crippen LogP contribution in [0.2, 0.25) is 0 Å². The Morgan fingerprint density at radius 2 is 1.78 bits per heavy atom. The summed E-state index contributed by atoms with van der Waals surface area (Å²) >= 11 is 0. The van der Waals surface area contributed by atoms with Crippen LogP contribution >= 0.6 is 0 Å². The van der Waals surface area contributed by atoms with Gasteiger partial charge < -0.3 is 14.9 Å². The zero-order valence-electron chi connectivity index (χ0n) is 17.8. The van der Waals surface area contributed by atoms with Crippen LogP contribution in [0.15, 0.2) is 65.4 Å². The summed E-state index contributed by atoms with van der Waals surface area (Å²) in [5.74, 6) is 2.12. The summed E-state index contributed by atoms with van der Waals surface area (Å²) in [6.45, 7) is 4.39. The Morgan fingerprint density at radius 3 is 2.50 bits per heavy atom. The highest BCUT2D eigenvalue weighted by atomic mass is 16.5. The largest absolute Gasteiger partial charge is 0.508 e. The number of para-hydroxylation sites is 1. The molecule has 0 aliphatic rings. The van der Waals surface area contributed by atoms with Gasteiger partial charge in [-0.15, -0.1) is 0 Å². The predicted molar refractivity (Wildman–Crippen MR) is 122 cm³/mol. The predicted octanol–water partition coefficient (Wildman–Crippen LogP) is 4.45. The molecule has 3 heterocycles. The minimum absolute atomic E-state index is 0.259. The summed E-state index contributed by atoms with van der Waals surface area (Å²) in [5, 5.41) is 17.0. The van der Waals surface area contributed by atoms with Crippen molar-refractivity contribution >= 4 is 17.0 Å². The first-order valence-corrected chi connectivity index (χ1v) is 10.4. The van der Waals surface area contributed by atoms with Gasteiger partial charge in [0.05, 0.1) is 11.3 Å². The Balaban J connectivity index is 1.56. The van der Waals surface area contributed by atoms with Gasteiger partial charge in [0.15, 0.2) is 22.8 Å². The topological polar surface area (TPSA) is 102 Å². The third-order valence-corrected chi connectivity index (χ3v) is 5.33. The van der Waals surface area contributed by atoms with Crippen molar-refractivity contribution in [2.75, 3.05) is 11.9 Å². The molecule has 8 heteroatoms. The fourth-order valence-electron chi connectivity index (χ4n) is 3.70. The van der Waals surface area contributed by atoms with Crippen molar-refractivity contribution in [1.29, 1.82) is 0 Å². The Kier molecular flexibility index (Phi) is 5.03. The van der Waals surface area contributed by atoms with Gasteiger partial charge in [-0.1, -0.05) is 35.5 Å². The zero-order valence-corrected chi connectivity index (χ0v) is 17.8. The molecule has 0 fully saturated rings. The van der Waals surface area contributed by atoms with Crippen LogP contribution in [0.4, 0.5) is 5.82 Å². The molecule has 0 aliphatic carbocycles. The molecular weight excluding hydrogens is 404 g/mol. The molecule has 32 heavy (non-hydrogen) atoms. The van der Waals surface area contributed by atoms with Crippen LogP contribution < -0.4 is 5.32 Å². The summed E-state index contributed by atoms with van der Waals surface area (Å²) < 4.78 is 7.30. The first-order valence-electron chi connectivity index (χ1n) is 10.4. The Bertz CT molecular complexity index is 1350. The Morgan fingerprint density at radius 1 is 1.00 bits per heavy atom. The molecule has 0 atom stereocenters. The third kappa shape index (κ3) is 3.66. The number of fused-ring (bicyclic) bond motifs is 1. The van der Waals surface area contributed by atoms with E-state index in [4.69, 9.17) is 14.5 Å². The normalized spacial score (nSPS) is 11.2. The number of hydrogen-bond acceptors (Lipinski definition) is 7. The van der Waals surface area contributed by atoms with Gasteiger partial charge >= 0.3 is 0 Å². The third-order valence-electron chi connectivity index (χ3n) is 5.33. The molecule has 5 aromatic rings.